The topological polar surface area (TPSA) is 15.3 Å². The predicted molar refractivity (Wildman–Crippen MR) is 92.6 cm³/mol. The fourth-order valence-corrected chi connectivity index (χ4v) is 4.67. The van der Waals surface area contributed by atoms with Gasteiger partial charge < -0.3 is 10.2 Å². The largest absolute Gasteiger partial charge is 0.314 e. The van der Waals surface area contributed by atoms with Gasteiger partial charge in [0.2, 0.25) is 0 Å². The summed E-state index contributed by atoms with van der Waals surface area (Å²) in [7, 11) is 0. The van der Waals surface area contributed by atoms with Crippen LogP contribution in [0, 0.1) is 23.7 Å². The maximum Gasteiger partial charge on any atom is 0.0108 e. The number of likely N-dealkylation sites (tertiary alicyclic amines) is 1. The van der Waals surface area contributed by atoms with E-state index in [-0.39, 0.29) is 0 Å². The van der Waals surface area contributed by atoms with Crippen LogP contribution in [0.25, 0.3) is 0 Å². The molecule has 124 valence electrons. The first-order chi connectivity index (χ1) is 10.1. The first-order valence-electron chi connectivity index (χ1n) is 9.59. The van der Waals surface area contributed by atoms with Crippen molar-refractivity contribution >= 4 is 0 Å². The minimum Gasteiger partial charge on any atom is -0.314 e. The highest BCUT2D eigenvalue weighted by Gasteiger charge is 2.33. The van der Waals surface area contributed by atoms with E-state index in [2.05, 4.69) is 37.9 Å². The van der Waals surface area contributed by atoms with Crippen molar-refractivity contribution in [3.8, 4) is 0 Å². The van der Waals surface area contributed by atoms with E-state index in [4.69, 9.17) is 0 Å². The molecule has 2 nitrogen and oxygen atoms in total. The van der Waals surface area contributed by atoms with E-state index in [0.29, 0.717) is 0 Å². The van der Waals surface area contributed by atoms with Gasteiger partial charge in [0.1, 0.15) is 0 Å². The zero-order chi connectivity index (χ0) is 15.2. The molecule has 21 heavy (non-hydrogen) atoms. The van der Waals surface area contributed by atoms with E-state index in [1.807, 2.05) is 0 Å². The lowest BCUT2D eigenvalue weighted by Gasteiger charge is -2.38. The van der Waals surface area contributed by atoms with Crippen LogP contribution in [-0.4, -0.2) is 37.1 Å². The third kappa shape index (κ3) is 4.96. The molecule has 1 saturated carbocycles. The van der Waals surface area contributed by atoms with Crippen LogP contribution in [0.2, 0.25) is 0 Å². The molecule has 2 rings (SSSR count). The highest BCUT2D eigenvalue weighted by Crippen LogP contribution is 2.34. The van der Waals surface area contributed by atoms with Crippen molar-refractivity contribution in [2.45, 2.75) is 72.3 Å². The molecule has 1 heterocycles. The van der Waals surface area contributed by atoms with Crippen molar-refractivity contribution in [2.24, 2.45) is 23.7 Å². The molecule has 0 aromatic heterocycles. The summed E-state index contributed by atoms with van der Waals surface area (Å²) in [5.41, 5.74) is 0. The number of nitrogens with one attached hydrogen (secondary N) is 1. The maximum absolute atomic E-state index is 3.78. The highest BCUT2D eigenvalue weighted by molar-refractivity contribution is 4.88. The standard InChI is InChI=1S/C19H38N2/c1-5-7-16-8-9-19(20-6-2)18(12-16)14-21-11-10-17(13-21)15(3)4/h15-20H,5-14H2,1-4H3. The molecule has 1 N–H and O–H groups in total. The highest BCUT2D eigenvalue weighted by atomic mass is 15.2. The summed E-state index contributed by atoms with van der Waals surface area (Å²) < 4.78 is 0. The van der Waals surface area contributed by atoms with Crippen LogP contribution >= 0.6 is 0 Å². The quantitative estimate of drug-likeness (QED) is 0.758. The molecule has 0 bridgehead atoms. The number of hydrogen-bond donors (Lipinski definition) is 1. The number of rotatable bonds is 7. The second-order valence-corrected chi connectivity index (χ2v) is 7.94. The van der Waals surface area contributed by atoms with Gasteiger partial charge >= 0.3 is 0 Å². The molecule has 4 unspecified atom stereocenters. The molecule has 2 aliphatic rings. The van der Waals surface area contributed by atoms with Crippen LogP contribution in [-0.2, 0) is 0 Å². The predicted octanol–water partition coefficient (Wildman–Crippen LogP) is 4.16. The Labute approximate surface area is 133 Å². The molecule has 0 radical (unpaired) electrons. The molecule has 0 aromatic carbocycles. The average Bonchev–Trinajstić information content (AvgIpc) is 2.91. The fourth-order valence-electron chi connectivity index (χ4n) is 4.67. The normalized spacial score (nSPS) is 34.7. The van der Waals surface area contributed by atoms with E-state index < -0.39 is 0 Å². The molecule has 0 amide bonds. The van der Waals surface area contributed by atoms with E-state index in [1.165, 1.54) is 58.2 Å². The van der Waals surface area contributed by atoms with E-state index in [9.17, 15) is 0 Å². The van der Waals surface area contributed by atoms with Crippen molar-refractivity contribution in [1.29, 1.82) is 0 Å². The van der Waals surface area contributed by atoms with Gasteiger partial charge in [-0.2, -0.15) is 0 Å². The van der Waals surface area contributed by atoms with Gasteiger partial charge in [-0.3, -0.25) is 0 Å². The van der Waals surface area contributed by atoms with Gasteiger partial charge in [0.05, 0.1) is 0 Å². The Hall–Kier alpha value is -0.0800. The first kappa shape index (κ1) is 17.3. The van der Waals surface area contributed by atoms with Gasteiger partial charge in [0, 0.05) is 19.1 Å². The third-order valence-corrected chi connectivity index (χ3v) is 6.00. The number of nitrogens with zero attached hydrogens (tertiary/aromatic N) is 1. The lowest BCUT2D eigenvalue weighted by molar-refractivity contribution is 0.146. The minimum atomic E-state index is 0.779. The van der Waals surface area contributed by atoms with Gasteiger partial charge in [-0.25, -0.2) is 0 Å². The van der Waals surface area contributed by atoms with Crippen molar-refractivity contribution in [2.75, 3.05) is 26.2 Å². The summed E-state index contributed by atoms with van der Waals surface area (Å²) in [6.45, 7) is 14.6. The molecule has 2 fully saturated rings. The Kier molecular flexibility index (Phi) is 7.01. The van der Waals surface area contributed by atoms with Crippen LogP contribution < -0.4 is 5.32 Å². The molecular formula is C19H38N2. The van der Waals surface area contributed by atoms with Crippen LogP contribution in [0.4, 0.5) is 0 Å². The molecule has 1 saturated heterocycles. The first-order valence-corrected chi connectivity index (χ1v) is 9.59. The zero-order valence-corrected chi connectivity index (χ0v) is 14.9. The molecule has 0 spiro atoms. The van der Waals surface area contributed by atoms with Crippen molar-refractivity contribution in [3.05, 3.63) is 0 Å². The summed E-state index contributed by atoms with van der Waals surface area (Å²) in [6, 6.07) is 0.779. The van der Waals surface area contributed by atoms with Gasteiger partial charge in [-0.05, 0) is 62.4 Å². The van der Waals surface area contributed by atoms with Gasteiger partial charge in [0.25, 0.3) is 0 Å². The molecule has 2 heteroatoms. The summed E-state index contributed by atoms with van der Waals surface area (Å²) in [6.07, 6.45) is 8.57. The molecule has 1 aliphatic heterocycles. The van der Waals surface area contributed by atoms with Crippen LogP contribution in [0.1, 0.15) is 66.2 Å². The average molecular weight is 295 g/mol. The Bertz CT molecular complexity index is 289. The van der Waals surface area contributed by atoms with Gasteiger partial charge in [-0.1, -0.05) is 40.5 Å². The molecule has 1 aliphatic carbocycles. The smallest absolute Gasteiger partial charge is 0.0108 e. The summed E-state index contributed by atoms with van der Waals surface area (Å²) in [5.74, 6) is 3.69. The second-order valence-electron chi connectivity index (χ2n) is 7.94. The monoisotopic (exact) mass is 294 g/mol. The van der Waals surface area contributed by atoms with Gasteiger partial charge in [-0.15, -0.1) is 0 Å². The molecule has 0 aromatic rings. The van der Waals surface area contributed by atoms with E-state index in [0.717, 1.165) is 36.3 Å². The Morgan fingerprint density at radius 3 is 2.57 bits per heavy atom. The SMILES string of the molecule is CCCC1CCC(NCC)C(CN2CCC(C(C)C)C2)C1. The lowest BCUT2D eigenvalue weighted by atomic mass is 9.76. The van der Waals surface area contributed by atoms with E-state index >= 15 is 0 Å². The van der Waals surface area contributed by atoms with Crippen LogP contribution in [0.5, 0.6) is 0 Å². The van der Waals surface area contributed by atoms with Gasteiger partial charge in [0.15, 0.2) is 0 Å². The maximum atomic E-state index is 3.78. The molecule has 4 atom stereocenters. The van der Waals surface area contributed by atoms with Crippen molar-refractivity contribution < 1.29 is 0 Å². The van der Waals surface area contributed by atoms with Crippen LogP contribution in [0.15, 0.2) is 0 Å². The van der Waals surface area contributed by atoms with Crippen molar-refractivity contribution in [1.82, 2.24) is 10.2 Å². The second kappa shape index (κ2) is 8.53. The lowest BCUT2D eigenvalue weighted by Crippen LogP contribution is -2.45. The summed E-state index contributed by atoms with van der Waals surface area (Å²) in [5, 5.41) is 3.78. The fraction of sp³-hybridized carbons (Fsp3) is 1.00. The Balaban J connectivity index is 1.87. The Morgan fingerprint density at radius 2 is 1.95 bits per heavy atom. The van der Waals surface area contributed by atoms with E-state index in [1.54, 1.807) is 0 Å². The molecular weight excluding hydrogens is 256 g/mol. The minimum absolute atomic E-state index is 0.779. The van der Waals surface area contributed by atoms with Crippen LogP contribution in [0.3, 0.4) is 0 Å². The summed E-state index contributed by atoms with van der Waals surface area (Å²) in [4.78, 5) is 2.77. The zero-order valence-electron chi connectivity index (χ0n) is 14.9. The summed E-state index contributed by atoms with van der Waals surface area (Å²) >= 11 is 0. The third-order valence-electron chi connectivity index (χ3n) is 6.00. The Morgan fingerprint density at radius 1 is 1.14 bits per heavy atom. The number of hydrogen-bond acceptors (Lipinski definition) is 2. The van der Waals surface area contributed by atoms with Crippen molar-refractivity contribution in [3.63, 3.8) is 0 Å².